The number of hydrogen-bond donors (Lipinski definition) is 0. The van der Waals surface area contributed by atoms with E-state index in [4.69, 9.17) is 9.26 Å². The molecule has 7 heteroatoms. The number of nitrogens with zero attached hydrogens (tertiary/aromatic N) is 5. The molecule has 27 heavy (non-hydrogen) atoms. The Bertz CT molecular complexity index is 905. The molecule has 4 rings (SSSR count). The molecule has 2 aromatic heterocycles. The second kappa shape index (κ2) is 7.84. The predicted molar refractivity (Wildman–Crippen MR) is 101 cm³/mol. The fraction of sp³-hybridized carbons (Fsp3) is 0.400. The minimum absolute atomic E-state index is 0.349. The molecule has 0 unspecified atom stereocenters. The molecule has 1 saturated heterocycles. The summed E-state index contributed by atoms with van der Waals surface area (Å²) >= 11 is 0. The van der Waals surface area contributed by atoms with Crippen molar-refractivity contribution in [2.24, 2.45) is 0 Å². The minimum Gasteiger partial charge on any atom is -0.381 e. The van der Waals surface area contributed by atoms with E-state index in [0.717, 1.165) is 43.3 Å². The molecule has 1 aromatic carbocycles. The summed E-state index contributed by atoms with van der Waals surface area (Å²) in [6.45, 7) is 6.94. The van der Waals surface area contributed by atoms with Gasteiger partial charge in [-0.1, -0.05) is 28.9 Å². The zero-order valence-corrected chi connectivity index (χ0v) is 15.6. The number of aromatic nitrogens is 4. The number of ether oxygens (including phenoxy) is 1. The second-order valence-corrected chi connectivity index (χ2v) is 6.76. The van der Waals surface area contributed by atoms with Gasteiger partial charge in [0.1, 0.15) is 12.1 Å². The van der Waals surface area contributed by atoms with Crippen LogP contribution in [-0.2, 0) is 11.3 Å². The van der Waals surface area contributed by atoms with Crippen molar-refractivity contribution < 1.29 is 9.26 Å². The third-order valence-corrected chi connectivity index (χ3v) is 4.80. The third-order valence-electron chi connectivity index (χ3n) is 4.80. The summed E-state index contributed by atoms with van der Waals surface area (Å²) in [6.07, 6.45) is 2.63. The van der Waals surface area contributed by atoms with E-state index >= 15 is 0 Å². The van der Waals surface area contributed by atoms with Crippen LogP contribution in [0.4, 0.5) is 5.82 Å². The van der Waals surface area contributed by atoms with Gasteiger partial charge in [0.05, 0.1) is 18.8 Å². The first-order chi connectivity index (χ1) is 13.2. The fourth-order valence-corrected chi connectivity index (χ4v) is 3.26. The lowest BCUT2D eigenvalue weighted by Gasteiger charge is -2.20. The Kier molecular flexibility index (Phi) is 5.11. The van der Waals surface area contributed by atoms with E-state index in [-0.39, 0.29) is 0 Å². The number of anilines is 1. The van der Waals surface area contributed by atoms with Gasteiger partial charge >= 0.3 is 0 Å². The molecular weight excluding hydrogens is 342 g/mol. The number of hydrogen-bond acceptors (Lipinski definition) is 7. The lowest BCUT2D eigenvalue weighted by molar-refractivity contribution is 0.193. The molecule has 0 radical (unpaired) electrons. The van der Waals surface area contributed by atoms with E-state index in [1.807, 2.05) is 37.3 Å². The van der Waals surface area contributed by atoms with Crippen molar-refractivity contribution in [3.05, 3.63) is 53.8 Å². The van der Waals surface area contributed by atoms with Crippen molar-refractivity contribution in [2.75, 3.05) is 24.7 Å². The maximum atomic E-state index is 5.48. The highest BCUT2D eigenvalue weighted by Gasteiger charge is 2.21. The van der Waals surface area contributed by atoms with Crippen LogP contribution in [0.25, 0.3) is 11.4 Å². The lowest BCUT2D eigenvalue weighted by Crippen LogP contribution is -2.23. The lowest BCUT2D eigenvalue weighted by atomic mass is 10.0. The number of benzene rings is 1. The van der Waals surface area contributed by atoms with Crippen LogP contribution in [0.5, 0.6) is 0 Å². The van der Waals surface area contributed by atoms with Gasteiger partial charge in [-0.2, -0.15) is 4.98 Å². The maximum absolute atomic E-state index is 5.48. The molecule has 0 spiro atoms. The van der Waals surface area contributed by atoms with Crippen LogP contribution in [-0.4, -0.2) is 39.9 Å². The number of rotatable bonds is 6. The average Bonchev–Trinajstić information content (AvgIpc) is 3.38. The van der Waals surface area contributed by atoms with E-state index in [0.29, 0.717) is 24.2 Å². The molecule has 1 aliphatic rings. The zero-order chi connectivity index (χ0) is 18.6. The molecule has 3 aromatic rings. The molecule has 0 amide bonds. The topological polar surface area (TPSA) is 77.2 Å². The van der Waals surface area contributed by atoms with Crippen LogP contribution in [0.15, 0.2) is 41.2 Å². The Morgan fingerprint density at radius 1 is 1.22 bits per heavy atom. The average molecular weight is 365 g/mol. The van der Waals surface area contributed by atoms with Crippen LogP contribution < -0.4 is 4.90 Å². The summed E-state index contributed by atoms with van der Waals surface area (Å²) in [6, 6.07) is 10.1. The van der Waals surface area contributed by atoms with E-state index in [1.54, 1.807) is 6.33 Å². The molecule has 3 heterocycles. The first-order valence-corrected chi connectivity index (χ1v) is 9.27. The van der Waals surface area contributed by atoms with Crippen LogP contribution in [0.3, 0.4) is 0 Å². The molecule has 1 atom stereocenters. The molecule has 0 N–H and O–H groups in total. The van der Waals surface area contributed by atoms with Crippen LogP contribution in [0.1, 0.15) is 36.4 Å². The normalized spacial score (nSPS) is 16.6. The minimum atomic E-state index is 0.349. The van der Waals surface area contributed by atoms with Gasteiger partial charge in [0.25, 0.3) is 0 Å². The largest absolute Gasteiger partial charge is 0.381 e. The van der Waals surface area contributed by atoms with Crippen molar-refractivity contribution in [3.63, 3.8) is 0 Å². The summed E-state index contributed by atoms with van der Waals surface area (Å²) in [7, 11) is 0. The summed E-state index contributed by atoms with van der Waals surface area (Å²) in [5.41, 5.74) is 3.15. The molecule has 0 aliphatic carbocycles. The number of aryl methyl sites for hydroxylation is 1. The molecule has 7 nitrogen and oxygen atoms in total. The molecular formula is C20H23N5O2. The Balaban J connectivity index is 1.52. The first kappa shape index (κ1) is 17.6. The highest BCUT2D eigenvalue weighted by Crippen LogP contribution is 2.26. The van der Waals surface area contributed by atoms with E-state index < -0.39 is 0 Å². The molecule has 1 fully saturated rings. The quantitative estimate of drug-likeness (QED) is 0.663. The summed E-state index contributed by atoms with van der Waals surface area (Å²) in [4.78, 5) is 15.5. The van der Waals surface area contributed by atoms with Crippen molar-refractivity contribution in [1.82, 2.24) is 20.1 Å². The highest BCUT2D eigenvalue weighted by atomic mass is 16.5. The van der Waals surface area contributed by atoms with Gasteiger partial charge in [-0.15, -0.1) is 0 Å². The van der Waals surface area contributed by atoms with Gasteiger partial charge in [0.2, 0.25) is 11.7 Å². The Labute approximate surface area is 158 Å². The maximum Gasteiger partial charge on any atom is 0.246 e. The van der Waals surface area contributed by atoms with Gasteiger partial charge in [-0.05, 0) is 26.3 Å². The third kappa shape index (κ3) is 3.98. The van der Waals surface area contributed by atoms with Crippen molar-refractivity contribution in [2.45, 2.75) is 32.7 Å². The summed E-state index contributed by atoms with van der Waals surface area (Å²) in [5.74, 6) is 2.39. The fourth-order valence-electron chi connectivity index (χ4n) is 3.26. The van der Waals surface area contributed by atoms with Crippen LogP contribution in [0.2, 0.25) is 0 Å². The Morgan fingerprint density at radius 2 is 2.15 bits per heavy atom. The van der Waals surface area contributed by atoms with E-state index in [9.17, 15) is 0 Å². The summed E-state index contributed by atoms with van der Waals surface area (Å²) < 4.78 is 11.0. The monoisotopic (exact) mass is 365 g/mol. The van der Waals surface area contributed by atoms with E-state index in [2.05, 4.69) is 31.9 Å². The smallest absolute Gasteiger partial charge is 0.246 e. The molecule has 0 saturated carbocycles. The van der Waals surface area contributed by atoms with Crippen LogP contribution in [0, 0.1) is 6.92 Å². The first-order valence-electron chi connectivity index (χ1n) is 9.27. The highest BCUT2D eigenvalue weighted by molar-refractivity contribution is 5.55. The molecule has 140 valence electrons. The van der Waals surface area contributed by atoms with Crippen molar-refractivity contribution >= 4 is 5.82 Å². The van der Waals surface area contributed by atoms with Gasteiger partial charge < -0.3 is 14.2 Å². The van der Waals surface area contributed by atoms with Gasteiger partial charge in [0.15, 0.2) is 0 Å². The van der Waals surface area contributed by atoms with Crippen LogP contribution >= 0.6 is 0 Å². The molecule has 0 bridgehead atoms. The van der Waals surface area contributed by atoms with Gasteiger partial charge in [0, 0.05) is 30.7 Å². The van der Waals surface area contributed by atoms with Gasteiger partial charge in [-0.3, -0.25) is 0 Å². The van der Waals surface area contributed by atoms with Crippen molar-refractivity contribution in [3.8, 4) is 11.4 Å². The zero-order valence-electron chi connectivity index (χ0n) is 15.6. The van der Waals surface area contributed by atoms with E-state index in [1.165, 1.54) is 5.56 Å². The SMILES string of the molecule is CCN(Cc1nc(-c2cccc(C)c2)no1)c1cc([C@@H]2CCOC2)ncn1. The second-order valence-electron chi connectivity index (χ2n) is 6.76. The van der Waals surface area contributed by atoms with Gasteiger partial charge in [-0.25, -0.2) is 9.97 Å². The molecule has 1 aliphatic heterocycles. The standard InChI is InChI=1S/C20H23N5O2/c1-3-25(18-10-17(21-13-22-18)16-7-8-26-12-16)11-19-23-20(24-27-19)15-6-4-5-14(2)9-15/h4-6,9-10,13,16H,3,7-8,11-12H2,1-2H3/t16-/m1/s1. The Hall–Kier alpha value is -2.80. The summed E-state index contributed by atoms with van der Waals surface area (Å²) in [5, 5.41) is 4.13. The Morgan fingerprint density at radius 3 is 2.93 bits per heavy atom. The van der Waals surface area contributed by atoms with Crippen molar-refractivity contribution in [1.29, 1.82) is 0 Å². The predicted octanol–water partition coefficient (Wildman–Crippen LogP) is 3.37.